The highest BCUT2D eigenvalue weighted by molar-refractivity contribution is 9.10. The molecule has 3 nitrogen and oxygen atoms in total. The highest BCUT2D eigenvalue weighted by atomic mass is 79.9. The fraction of sp³-hybridized carbons (Fsp3) is 0.125. The summed E-state index contributed by atoms with van der Waals surface area (Å²) in [5.41, 5.74) is 0. The van der Waals surface area contributed by atoms with Crippen molar-refractivity contribution < 1.29 is 0 Å². The molecular formula is C8H6BrN3S2. The molecule has 0 unspecified atom stereocenters. The summed E-state index contributed by atoms with van der Waals surface area (Å²) in [5.74, 6) is 0. The molecule has 0 saturated carbocycles. The number of rotatable bonds is 2. The maximum Gasteiger partial charge on any atom is 0.179 e. The van der Waals surface area contributed by atoms with Crippen LogP contribution in [-0.4, -0.2) is 15.2 Å². The number of halogens is 1. The van der Waals surface area contributed by atoms with E-state index in [0.717, 1.165) is 18.7 Å². The Morgan fingerprint density at radius 3 is 2.93 bits per heavy atom. The van der Waals surface area contributed by atoms with E-state index >= 15 is 0 Å². The Morgan fingerprint density at radius 1 is 1.43 bits per heavy atom. The molecule has 0 radical (unpaired) electrons. The first kappa shape index (κ1) is 10.1. The molecule has 0 aromatic carbocycles. The highest BCUT2D eigenvalue weighted by Gasteiger charge is 2.05. The van der Waals surface area contributed by atoms with Gasteiger partial charge in [0.1, 0.15) is 5.01 Å². The van der Waals surface area contributed by atoms with Crippen LogP contribution in [0.5, 0.6) is 0 Å². The second kappa shape index (κ2) is 4.37. The Bertz CT molecular complexity index is 444. The quantitative estimate of drug-likeness (QED) is 0.851. The fourth-order valence-corrected chi connectivity index (χ4v) is 3.11. The molecular weight excluding hydrogens is 282 g/mol. The summed E-state index contributed by atoms with van der Waals surface area (Å²) >= 11 is 6.62. The van der Waals surface area contributed by atoms with E-state index in [0.29, 0.717) is 0 Å². The molecule has 72 valence electrons. The summed E-state index contributed by atoms with van der Waals surface area (Å²) in [5, 5.41) is 8.99. The Balaban J connectivity index is 2.23. The summed E-state index contributed by atoms with van der Waals surface area (Å²) in [7, 11) is 0. The molecule has 0 bridgehead atoms. The van der Waals surface area contributed by atoms with Crippen molar-refractivity contribution in [3.05, 3.63) is 27.9 Å². The van der Waals surface area contributed by atoms with Crippen LogP contribution < -0.4 is 0 Å². The summed E-state index contributed by atoms with van der Waals surface area (Å²) in [6.45, 7) is 1.95. The molecule has 2 rings (SSSR count). The number of nitrogens with zero attached hydrogens (tertiary/aromatic N) is 3. The minimum atomic E-state index is 0.953. The van der Waals surface area contributed by atoms with Gasteiger partial charge in [-0.2, -0.15) is 0 Å². The maximum absolute atomic E-state index is 4.04. The average Bonchev–Trinajstić information content (AvgIpc) is 2.56. The van der Waals surface area contributed by atoms with Crippen LogP contribution in [0.1, 0.15) is 5.01 Å². The second-order valence-electron chi connectivity index (χ2n) is 2.50. The van der Waals surface area contributed by atoms with Gasteiger partial charge in [0, 0.05) is 21.8 Å². The third-order valence-electron chi connectivity index (χ3n) is 1.44. The van der Waals surface area contributed by atoms with E-state index in [-0.39, 0.29) is 0 Å². The van der Waals surface area contributed by atoms with Gasteiger partial charge in [0.25, 0.3) is 0 Å². The van der Waals surface area contributed by atoms with Gasteiger partial charge in [0.05, 0.1) is 0 Å². The summed E-state index contributed by atoms with van der Waals surface area (Å²) in [6.07, 6.45) is 3.54. The third-order valence-corrected chi connectivity index (χ3v) is 4.30. The monoisotopic (exact) mass is 287 g/mol. The van der Waals surface area contributed by atoms with Gasteiger partial charge in [-0.05, 0) is 28.9 Å². The molecule has 0 aliphatic carbocycles. The lowest BCUT2D eigenvalue weighted by Gasteiger charge is -1.98. The lowest BCUT2D eigenvalue weighted by atomic mass is 10.5. The van der Waals surface area contributed by atoms with Crippen LogP contribution in [-0.2, 0) is 0 Å². The number of aromatic nitrogens is 3. The third kappa shape index (κ3) is 2.31. The Labute approximate surface area is 98.1 Å². The molecule has 0 aliphatic heterocycles. The lowest BCUT2D eigenvalue weighted by molar-refractivity contribution is 0.983. The zero-order valence-corrected chi connectivity index (χ0v) is 10.5. The minimum Gasteiger partial charge on any atom is -0.263 e. The van der Waals surface area contributed by atoms with Crippen molar-refractivity contribution in [2.75, 3.05) is 0 Å². The van der Waals surface area contributed by atoms with E-state index in [1.165, 1.54) is 0 Å². The van der Waals surface area contributed by atoms with Crippen molar-refractivity contribution in [3.8, 4) is 0 Å². The highest BCUT2D eigenvalue weighted by Crippen LogP contribution is 2.33. The summed E-state index contributed by atoms with van der Waals surface area (Å²) in [4.78, 5) is 5.11. The molecule has 6 heteroatoms. The largest absolute Gasteiger partial charge is 0.263 e. The maximum atomic E-state index is 4.04. The Hall–Kier alpha value is -0.460. The van der Waals surface area contributed by atoms with Gasteiger partial charge in [-0.1, -0.05) is 23.1 Å². The number of hydrogen-bond acceptors (Lipinski definition) is 5. The molecule has 0 amide bonds. The van der Waals surface area contributed by atoms with Crippen molar-refractivity contribution in [3.63, 3.8) is 0 Å². The standard InChI is InChI=1S/C8H6BrN3S2/c1-5-11-12-8(13-5)14-7-2-3-10-4-6(7)9/h2-4H,1H3. The molecule has 2 aromatic heterocycles. The van der Waals surface area contributed by atoms with Crippen molar-refractivity contribution >= 4 is 39.0 Å². The first-order valence-electron chi connectivity index (χ1n) is 3.83. The molecule has 0 fully saturated rings. The fourth-order valence-electron chi connectivity index (χ4n) is 0.859. The van der Waals surface area contributed by atoms with Crippen molar-refractivity contribution in [1.82, 2.24) is 15.2 Å². The predicted molar refractivity (Wildman–Crippen MR) is 60.7 cm³/mol. The van der Waals surface area contributed by atoms with Crippen molar-refractivity contribution in [1.29, 1.82) is 0 Å². The minimum absolute atomic E-state index is 0.953. The predicted octanol–water partition coefficient (Wildman–Crippen LogP) is 3.16. The molecule has 0 saturated heterocycles. The van der Waals surface area contributed by atoms with Crippen LogP contribution in [0.25, 0.3) is 0 Å². The molecule has 0 aliphatic rings. The SMILES string of the molecule is Cc1nnc(Sc2ccncc2Br)s1. The zero-order chi connectivity index (χ0) is 9.97. The van der Waals surface area contributed by atoms with Crippen LogP contribution in [0, 0.1) is 6.92 Å². The van der Waals surface area contributed by atoms with Gasteiger partial charge in [-0.15, -0.1) is 10.2 Å². The molecule has 0 atom stereocenters. The van der Waals surface area contributed by atoms with Gasteiger partial charge in [0.15, 0.2) is 4.34 Å². The molecule has 0 N–H and O–H groups in total. The molecule has 2 aromatic rings. The topological polar surface area (TPSA) is 38.7 Å². The van der Waals surface area contributed by atoms with Gasteiger partial charge in [0.2, 0.25) is 0 Å². The first-order chi connectivity index (χ1) is 6.75. The molecule has 2 heterocycles. The number of hydrogen-bond donors (Lipinski definition) is 0. The molecule has 14 heavy (non-hydrogen) atoms. The van der Waals surface area contributed by atoms with Crippen LogP contribution >= 0.6 is 39.0 Å². The summed E-state index contributed by atoms with van der Waals surface area (Å²) < 4.78 is 1.94. The zero-order valence-electron chi connectivity index (χ0n) is 7.27. The van der Waals surface area contributed by atoms with Crippen LogP contribution in [0.15, 0.2) is 32.2 Å². The smallest absolute Gasteiger partial charge is 0.179 e. The first-order valence-corrected chi connectivity index (χ1v) is 6.26. The summed E-state index contributed by atoms with van der Waals surface area (Å²) in [6, 6.07) is 1.95. The van der Waals surface area contributed by atoms with E-state index in [1.807, 2.05) is 13.0 Å². The lowest BCUT2D eigenvalue weighted by Crippen LogP contribution is -1.77. The van der Waals surface area contributed by atoms with Crippen molar-refractivity contribution in [2.45, 2.75) is 16.2 Å². The van der Waals surface area contributed by atoms with Gasteiger partial charge < -0.3 is 0 Å². The normalized spacial score (nSPS) is 10.4. The van der Waals surface area contributed by atoms with Gasteiger partial charge in [-0.25, -0.2) is 0 Å². The van der Waals surface area contributed by atoms with Gasteiger partial charge in [-0.3, -0.25) is 4.98 Å². The van der Waals surface area contributed by atoms with E-state index in [2.05, 4.69) is 31.1 Å². The Morgan fingerprint density at radius 2 is 2.29 bits per heavy atom. The van der Waals surface area contributed by atoms with Crippen molar-refractivity contribution in [2.24, 2.45) is 0 Å². The van der Waals surface area contributed by atoms with E-state index < -0.39 is 0 Å². The second-order valence-corrected chi connectivity index (χ2v) is 5.82. The number of aryl methyl sites for hydroxylation is 1. The van der Waals surface area contributed by atoms with Crippen LogP contribution in [0.3, 0.4) is 0 Å². The number of pyridine rings is 1. The van der Waals surface area contributed by atoms with E-state index in [9.17, 15) is 0 Å². The average molecular weight is 288 g/mol. The van der Waals surface area contributed by atoms with E-state index in [4.69, 9.17) is 0 Å². The van der Waals surface area contributed by atoms with E-state index in [1.54, 1.807) is 35.5 Å². The Kier molecular flexibility index (Phi) is 3.15. The van der Waals surface area contributed by atoms with Gasteiger partial charge >= 0.3 is 0 Å². The molecule has 0 spiro atoms. The van der Waals surface area contributed by atoms with Crippen LogP contribution in [0.4, 0.5) is 0 Å². The van der Waals surface area contributed by atoms with Crippen LogP contribution in [0.2, 0.25) is 0 Å².